The Balaban J connectivity index is 0. The van der Waals surface area contributed by atoms with Crippen molar-refractivity contribution in [3.8, 4) is 5.75 Å². The molecule has 0 atom stereocenters. The van der Waals surface area contributed by atoms with E-state index in [-0.39, 0.29) is 17.6 Å². The van der Waals surface area contributed by atoms with E-state index in [1.807, 2.05) is 41.5 Å². The molecule has 0 spiro atoms. The molecule has 1 N–H and O–H groups in total. The lowest BCUT2D eigenvalue weighted by atomic mass is 10.0. The summed E-state index contributed by atoms with van der Waals surface area (Å²) in [6, 6.07) is 5.09. The summed E-state index contributed by atoms with van der Waals surface area (Å²) in [6.07, 6.45) is 3.30. The molecule has 1 heterocycles. The molecule has 0 aliphatic carbocycles. The fourth-order valence-electron chi connectivity index (χ4n) is 3.49. The predicted molar refractivity (Wildman–Crippen MR) is 147 cm³/mol. The first kappa shape index (κ1) is 35.5. The molecule has 1 aliphatic heterocycles. The van der Waals surface area contributed by atoms with Crippen molar-refractivity contribution < 1.29 is 22.7 Å². The van der Waals surface area contributed by atoms with Gasteiger partial charge in [0.2, 0.25) is 15.9 Å². The molecule has 0 aromatic heterocycles. The highest BCUT2D eigenvalue weighted by Gasteiger charge is 2.31. The number of rotatable bonds is 8. The van der Waals surface area contributed by atoms with Gasteiger partial charge in [-0.25, -0.2) is 8.42 Å². The van der Waals surface area contributed by atoms with Gasteiger partial charge in [0.1, 0.15) is 5.75 Å². The molecular weight excluding hydrogens is 464 g/mol. The summed E-state index contributed by atoms with van der Waals surface area (Å²) in [5.74, 6) is 0.512. The van der Waals surface area contributed by atoms with Gasteiger partial charge in [-0.05, 0) is 52.2 Å². The van der Waals surface area contributed by atoms with E-state index in [9.17, 15) is 13.2 Å². The van der Waals surface area contributed by atoms with Crippen LogP contribution in [0, 0.1) is 6.92 Å². The maximum Gasteiger partial charge on any atom is 0.243 e. The number of ether oxygens (including phenoxy) is 2. The van der Waals surface area contributed by atoms with E-state index >= 15 is 0 Å². The molecule has 1 fully saturated rings. The van der Waals surface area contributed by atoms with Crippen LogP contribution in [0.1, 0.15) is 93.6 Å². The van der Waals surface area contributed by atoms with Gasteiger partial charge in [-0.3, -0.25) is 4.79 Å². The van der Waals surface area contributed by atoms with Gasteiger partial charge in [0.25, 0.3) is 0 Å². The molecule has 2 rings (SSSR count). The van der Waals surface area contributed by atoms with Gasteiger partial charge < -0.3 is 14.8 Å². The Morgan fingerprint density at radius 1 is 1.11 bits per heavy atom. The summed E-state index contributed by atoms with van der Waals surface area (Å²) in [5.41, 5.74) is 0.309. The van der Waals surface area contributed by atoms with Crippen molar-refractivity contribution in [2.75, 3.05) is 26.8 Å². The monoisotopic (exact) mass is 516 g/mol. The number of benzene rings is 1. The van der Waals surface area contributed by atoms with Gasteiger partial charge >= 0.3 is 0 Å². The minimum absolute atomic E-state index is 0.0333. The van der Waals surface area contributed by atoms with Crippen LogP contribution in [0.4, 0.5) is 0 Å². The normalized spacial score (nSPS) is 14.3. The van der Waals surface area contributed by atoms with Crippen LogP contribution in [0.15, 0.2) is 23.1 Å². The SMILES string of the molecule is CC.CC.CCC.COc1cccc(S(=O)(=O)N2CCC(OCCC(C)(C)NC(C)=O)CC2)c1C. The summed E-state index contributed by atoms with van der Waals surface area (Å²) in [7, 11) is -2.02. The van der Waals surface area contributed by atoms with E-state index in [1.165, 1.54) is 24.8 Å². The van der Waals surface area contributed by atoms with Crippen LogP contribution in [0.5, 0.6) is 5.75 Å². The molecule has 1 aromatic carbocycles. The van der Waals surface area contributed by atoms with Crippen LogP contribution >= 0.6 is 0 Å². The van der Waals surface area contributed by atoms with Crippen LogP contribution in [-0.4, -0.2) is 57.1 Å². The van der Waals surface area contributed by atoms with Crippen molar-refractivity contribution in [3.05, 3.63) is 23.8 Å². The highest BCUT2D eigenvalue weighted by molar-refractivity contribution is 7.89. The first-order valence-corrected chi connectivity index (χ1v) is 14.5. The fourth-order valence-corrected chi connectivity index (χ4v) is 5.20. The molecular formula is C27H52N2O5S. The van der Waals surface area contributed by atoms with E-state index < -0.39 is 10.0 Å². The maximum atomic E-state index is 13.0. The molecule has 35 heavy (non-hydrogen) atoms. The zero-order chi connectivity index (χ0) is 27.7. The van der Waals surface area contributed by atoms with Crippen molar-refractivity contribution in [1.82, 2.24) is 9.62 Å². The van der Waals surface area contributed by atoms with Crippen LogP contribution < -0.4 is 10.1 Å². The van der Waals surface area contributed by atoms with Gasteiger partial charge in [-0.15, -0.1) is 0 Å². The van der Waals surface area contributed by atoms with Crippen molar-refractivity contribution in [1.29, 1.82) is 0 Å². The molecule has 1 saturated heterocycles. The highest BCUT2D eigenvalue weighted by atomic mass is 32.2. The van der Waals surface area contributed by atoms with Crippen LogP contribution in [0.3, 0.4) is 0 Å². The van der Waals surface area contributed by atoms with E-state index in [1.54, 1.807) is 25.1 Å². The lowest BCUT2D eigenvalue weighted by Gasteiger charge is -2.32. The van der Waals surface area contributed by atoms with Gasteiger partial charge in [0.05, 0.1) is 18.1 Å². The molecule has 206 valence electrons. The number of carbonyl (C=O) groups excluding carboxylic acids is 1. The van der Waals surface area contributed by atoms with Crippen LogP contribution in [0.25, 0.3) is 0 Å². The van der Waals surface area contributed by atoms with Gasteiger partial charge in [-0.1, -0.05) is 54.0 Å². The Bertz CT molecular complexity index is 802. The standard InChI is InChI=1S/C20H32N2O5S.C3H8.2C2H6/c1-15-18(26-5)7-6-8-19(15)28(24,25)22-12-9-17(10-13-22)27-14-11-20(3,4)21-16(2)23;1-3-2;2*1-2/h6-8,17H,9-14H2,1-5H3,(H,21,23);3H2,1-2H3;2*1-2H3. The third kappa shape index (κ3) is 12.8. The summed E-state index contributed by atoms with van der Waals surface area (Å²) in [5, 5.41) is 2.90. The Kier molecular flexibility index (Phi) is 18.9. The third-order valence-corrected chi connectivity index (χ3v) is 7.11. The summed E-state index contributed by atoms with van der Waals surface area (Å²) >= 11 is 0. The number of piperidine rings is 1. The number of sulfonamides is 1. The number of amides is 1. The van der Waals surface area contributed by atoms with Crippen molar-refractivity contribution in [2.24, 2.45) is 0 Å². The van der Waals surface area contributed by atoms with E-state index in [2.05, 4.69) is 19.2 Å². The number of methoxy groups -OCH3 is 1. The highest BCUT2D eigenvalue weighted by Crippen LogP contribution is 2.29. The van der Waals surface area contributed by atoms with Crippen LogP contribution in [-0.2, 0) is 19.6 Å². The minimum atomic E-state index is -3.56. The first-order valence-electron chi connectivity index (χ1n) is 13.0. The van der Waals surface area contributed by atoms with E-state index in [0.717, 1.165) is 0 Å². The summed E-state index contributed by atoms with van der Waals surface area (Å²) < 4.78 is 38.8. The summed E-state index contributed by atoms with van der Waals surface area (Å²) in [4.78, 5) is 11.5. The lowest BCUT2D eigenvalue weighted by Crippen LogP contribution is -2.44. The smallest absolute Gasteiger partial charge is 0.243 e. The Hall–Kier alpha value is -1.64. The molecule has 0 unspecified atom stereocenters. The third-order valence-electron chi connectivity index (χ3n) is 5.07. The second kappa shape index (κ2) is 18.6. The predicted octanol–water partition coefficient (Wildman–Crippen LogP) is 5.95. The number of nitrogens with one attached hydrogen (secondary N) is 1. The number of carbonyl (C=O) groups is 1. The first-order chi connectivity index (χ1) is 16.5. The number of nitrogens with zero attached hydrogens (tertiary/aromatic N) is 1. The molecule has 1 aromatic rings. The zero-order valence-electron chi connectivity index (χ0n) is 24.2. The van der Waals surface area contributed by atoms with Gasteiger partial charge in [0, 0.05) is 37.7 Å². The quantitative estimate of drug-likeness (QED) is 0.462. The van der Waals surface area contributed by atoms with Gasteiger partial charge in [-0.2, -0.15) is 4.31 Å². The fraction of sp³-hybridized carbons (Fsp3) is 0.741. The number of hydrogen-bond donors (Lipinski definition) is 1. The number of hydrogen-bond acceptors (Lipinski definition) is 5. The average Bonchev–Trinajstić information content (AvgIpc) is 2.81. The van der Waals surface area contributed by atoms with Crippen molar-refractivity contribution in [2.45, 2.75) is 111 Å². The van der Waals surface area contributed by atoms with Crippen LogP contribution in [0.2, 0.25) is 0 Å². The Morgan fingerprint density at radius 3 is 2.09 bits per heavy atom. The summed E-state index contributed by atoms with van der Waals surface area (Å²) in [6.45, 7) is 20.8. The second-order valence-electron chi connectivity index (χ2n) is 8.58. The maximum absolute atomic E-state index is 13.0. The van der Waals surface area contributed by atoms with E-state index in [0.29, 0.717) is 55.2 Å². The minimum Gasteiger partial charge on any atom is -0.496 e. The average molecular weight is 517 g/mol. The van der Waals surface area contributed by atoms with E-state index in [4.69, 9.17) is 9.47 Å². The van der Waals surface area contributed by atoms with Gasteiger partial charge in [0.15, 0.2) is 0 Å². The second-order valence-corrected chi connectivity index (χ2v) is 10.5. The van der Waals surface area contributed by atoms with Crippen molar-refractivity contribution in [3.63, 3.8) is 0 Å². The molecule has 0 bridgehead atoms. The molecule has 1 aliphatic rings. The topological polar surface area (TPSA) is 84.9 Å². The Morgan fingerprint density at radius 2 is 1.63 bits per heavy atom. The Labute approximate surface area is 216 Å². The van der Waals surface area contributed by atoms with Crippen molar-refractivity contribution >= 4 is 15.9 Å². The lowest BCUT2D eigenvalue weighted by molar-refractivity contribution is -0.120. The molecule has 7 nitrogen and oxygen atoms in total. The molecule has 1 amide bonds. The molecule has 8 heteroatoms. The molecule has 0 saturated carbocycles. The molecule has 0 radical (unpaired) electrons. The zero-order valence-corrected chi connectivity index (χ0v) is 25.0. The largest absolute Gasteiger partial charge is 0.496 e.